The molecule has 0 radical (unpaired) electrons. The van der Waals surface area contributed by atoms with Crippen molar-refractivity contribution in [3.05, 3.63) is 65.2 Å². The van der Waals surface area contributed by atoms with Crippen LogP contribution in [0.15, 0.2) is 48.5 Å². The molecule has 0 spiro atoms. The SMILES string of the molecule is CCCCN(C(=O)C(C)NC(=O)OC(C)(C)C)C(C(=O)NC(Cc1ccccc1)C(=O)OC(C)(C)C)c1ccc(O)c(C)c1. The summed E-state index contributed by atoms with van der Waals surface area (Å²) in [5, 5.41) is 15.7. The summed E-state index contributed by atoms with van der Waals surface area (Å²) in [6.07, 6.45) is 0.714. The maximum Gasteiger partial charge on any atom is 0.408 e. The van der Waals surface area contributed by atoms with Gasteiger partial charge in [-0.25, -0.2) is 9.59 Å². The van der Waals surface area contributed by atoms with Gasteiger partial charge in [-0.2, -0.15) is 0 Å². The fraction of sp³-hybridized carbons (Fsp3) is 0.529. The number of alkyl carbamates (subject to hydrolysis) is 1. The molecule has 0 bridgehead atoms. The Balaban J connectivity index is 2.55. The Bertz CT molecular complexity index is 1280. The number of unbranched alkanes of at least 4 members (excludes halogenated alkanes) is 1. The minimum atomic E-state index is -1.18. The normalized spacial score (nSPS) is 13.7. The summed E-state index contributed by atoms with van der Waals surface area (Å²) in [5.74, 6) is -1.68. The number of amides is 3. The molecule has 0 saturated carbocycles. The first kappa shape index (κ1) is 36.1. The van der Waals surface area contributed by atoms with Crippen molar-refractivity contribution in [2.75, 3.05) is 6.54 Å². The van der Waals surface area contributed by atoms with Crippen LogP contribution in [0.3, 0.4) is 0 Å². The zero-order valence-electron chi connectivity index (χ0n) is 27.5. The fourth-order valence-corrected chi connectivity index (χ4v) is 4.48. The van der Waals surface area contributed by atoms with Gasteiger partial charge in [-0.1, -0.05) is 49.7 Å². The molecule has 10 heteroatoms. The molecule has 0 fully saturated rings. The topological polar surface area (TPSA) is 134 Å². The van der Waals surface area contributed by atoms with Crippen molar-refractivity contribution in [3.8, 4) is 5.75 Å². The number of rotatable bonds is 12. The summed E-state index contributed by atoms with van der Waals surface area (Å²) in [6, 6.07) is 10.7. The number of phenols is 1. The molecule has 0 aliphatic heterocycles. The summed E-state index contributed by atoms with van der Waals surface area (Å²) in [4.78, 5) is 55.5. The van der Waals surface area contributed by atoms with Gasteiger partial charge in [0.05, 0.1) is 0 Å². The van der Waals surface area contributed by atoms with Crippen molar-refractivity contribution in [1.82, 2.24) is 15.5 Å². The van der Waals surface area contributed by atoms with Gasteiger partial charge >= 0.3 is 12.1 Å². The molecule has 0 aliphatic rings. The first-order chi connectivity index (χ1) is 20.4. The maximum atomic E-state index is 14.3. The molecule has 44 heavy (non-hydrogen) atoms. The predicted molar refractivity (Wildman–Crippen MR) is 169 cm³/mol. The van der Waals surface area contributed by atoms with Gasteiger partial charge in [-0.3, -0.25) is 9.59 Å². The highest BCUT2D eigenvalue weighted by Gasteiger charge is 2.37. The Kier molecular flexibility index (Phi) is 12.8. The van der Waals surface area contributed by atoms with Crippen LogP contribution in [-0.2, 0) is 30.3 Å². The van der Waals surface area contributed by atoms with E-state index in [2.05, 4.69) is 10.6 Å². The van der Waals surface area contributed by atoms with Gasteiger partial charge in [0.15, 0.2) is 0 Å². The number of hydrogen-bond acceptors (Lipinski definition) is 7. The third-order valence-electron chi connectivity index (χ3n) is 6.53. The first-order valence-corrected chi connectivity index (χ1v) is 15.1. The summed E-state index contributed by atoms with van der Waals surface area (Å²) < 4.78 is 11.0. The van der Waals surface area contributed by atoms with E-state index in [1.54, 1.807) is 60.6 Å². The Morgan fingerprint density at radius 2 is 1.52 bits per heavy atom. The lowest BCUT2D eigenvalue weighted by Crippen LogP contribution is -2.54. The minimum absolute atomic E-state index is 0.0370. The number of nitrogens with zero attached hydrogens (tertiary/aromatic N) is 1. The molecule has 0 saturated heterocycles. The van der Waals surface area contributed by atoms with Crippen molar-refractivity contribution >= 4 is 23.9 Å². The Labute approximate surface area is 261 Å². The van der Waals surface area contributed by atoms with Crippen LogP contribution in [0.25, 0.3) is 0 Å². The number of carbonyl (C=O) groups is 4. The molecular formula is C34H49N3O7. The molecule has 2 aromatic carbocycles. The average molecular weight is 612 g/mol. The lowest BCUT2D eigenvalue weighted by Gasteiger charge is -2.35. The second-order valence-corrected chi connectivity index (χ2v) is 13.0. The lowest BCUT2D eigenvalue weighted by atomic mass is 9.98. The van der Waals surface area contributed by atoms with Crippen molar-refractivity contribution in [1.29, 1.82) is 0 Å². The van der Waals surface area contributed by atoms with E-state index >= 15 is 0 Å². The first-order valence-electron chi connectivity index (χ1n) is 15.1. The Morgan fingerprint density at radius 3 is 2.07 bits per heavy atom. The molecule has 3 atom stereocenters. The summed E-state index contributed by atoms with van der Waals surface area (Å²) >= 11 is 0. The fourth-order valence-electron chi connectivity index (χ4n) is 4.48. The summed E-state index contributed by atoms with van der Waals surface area (Å²) in [7, 11) is 0. The minimum Gasteiger partial charge on any atom is -0.508 e. The van der Waals surface area contributed by atoms with E-state index in [4.69, 9.17) is 9.47 Å². The van der Waals surface area contributed by atoms with E-state index in [1.165, 1.54) is 17.9 Å². The molecule has 0 aromatic heterocycles. The summed E-state index contributed by atoms with van der Waals surface area (Å²) in [6.45, 7) is 15.8. The molecule has 10 nitrogen and oxygen atoms in total. The zero-order valence-corrected chi connectivity index (χ0v) is 27.5. The van der Waals surface area contributed by atoms with Gasteiger partial charge in [0.2, 0.25) is 11.8 Å². The molecule has 242 valence electrons. The molecule has 3 N–H and O–H groups in total. The molecule has 2 aromatic rings. The van der Waals surface area contributed by atoms with Gasteiger partial charge in [-0.05, 0) is 90.6 Å². The van der Waals surface area contributed by atoms with E-state index in [9.17, 15) is 24.3 Å². The van der Waals surface area contributed by atoms with Gasteiger partial charge < -0.3 is 30.1 Å². The molecular weight excluding hydrogens is 562 g/mol. The average Bonchev–Trinajstić information content (AvgIpc) is 2.90. The van der Waals surface area contributed by atoms with Gasteiger partial charge in [-0.15, -0.1) is 0 Å². The Morgan fingerprint density at radius 1 is 0.909 bits per heavy atom. The van der Waals surface area contributed by atoms with Crippen molar-refractivity contribution in [3.63, 3.8) is 0 Å². The van der Waals surface area contributed by atoms with Crippen LogP contribution < -0.4 is 10.6 Å². The number of hydrogen-bond donors (Lipinski definition) is 3. The van der Waals surface area contributed by atoms with Crippen LogP contribution in [0.2, 0.25) is 0 Å². The predicted octanol–water partition coefficient (Wildman–Crippen LogP) is 5.35. The monoisotopic (exact) mass is 611 g/mol. The van der Waals surface area contributed by atoms with Gasteiger partial charge in [0, 0.05) is 13.0 Å². The lowest BCUT2D eigenvalue weighted by molar-refractivity contribution is -0.159. The van der Waals surface area contributed by atoms with Gasteiger partial charge in [0.25, 0.3) is 0 Å². The zero-order chi connectivity index (χ0) is 33.2. The van der Waals surface area contributed by atoms with Crippen LogP contribution in [0.4, 0.5) is 4.79 Å². The Hall–Kier alpha value is -4.08. The molecule has 2 rings (SSSR count). The van der Waals surface area contributed by atoms with E-state index < -0.39 is 53.2 Å². The van der Waals surface area contributed by atoms with Gasteiger partial charge in [0.1, 0.15) is 35.1 Å². The number of carbonyl (C=O) groups excluding carboxylic acids is 4. The van der Waals surface area contributed by atoms with E-state index in [0.29, 0.717) is 17.5 Å². The smallest absolute Gasteiger partial charge is 0.408 e. The summed E-state index contributed by atoms with van der Waals surface area (Å²) in [5.41, 5.74) is 0.201. The van der Waals surface area contributed by atoms with E-state index in [0.717, 1.165) is 12.0 Å². The van der Waals surface area contributed by atoms with Crippen molar-refractivity contribution < 1.29 is 33.8 Å². The third kappa shape index (κ3) is 11.5. The standard InChI is InChI=1S/C34H49N3O7/c1-10-11-19-37(30(40)23(3)35-32(42)44-34(7,8)9)28(25-17-18-27(38)22(2)20-25)29(39)36-26(31(41)43-33(4,5)6)21-24-15-13-12-14-16-24/h12-18,20,23,26,28,38H,10-11,19,21H2,1-9H3,(H,35,42)(H,36,39). The quantitative estimate of drug-likeness (QED) is 0.275. The number of benzene rings is 2. The number of aromatic hydroxyl groups is 1. The van der Waals surface area contributed by atoms with Crippen LogP contribution in [0, 0.1) is 6.92 Å². The van der Waals surface area contributed by atoms with Crippen LogP contribution in [0.5, 0.6) is 5.75 Å². The van der Waals surface area contributed by atoms with Crippen molar-refractivity contribution in [2.24, 2.45) is 0 Å². The van der Waals surface area contributed by atoms with Crippen LogP contribution >= 0.6 is 0 Å². The second kappa shape index (κ2) is 15.6. The van der Waals surface area contributed by atoms with E-state index in [1.807, 2.05) is 37.3 Å². The number of ether oxygens (including phenoxy) is 2. The highest BCUT2D eigenvalue weighted by atomic mass is 16.6. The maximum absolute atomic E-state index is 14.3. The molecule has 0 aliphatic carbocycles. The highest BCUT2D eigenvalue weighted by molar-refractivity contribution is 5.94. The molecule has 3 amide bonds. The van der Waals surface area contributed by atoms with E-state index in [-0.39, 0.29) is 18.7 Å². The molecule has 3 unspecified atom stereocenters. The van der Waals surface area contributed by atoms with Crippen LogP contribution in [0.1, 0.15) is 91.0 Å². The highest BCUT2D eigenvalue weighted by Crippen LogP contribution is 2.28. The molecule has 0 heterocycles. The number of esters is 1. The second-order valence-electron chi connectivity index (χ2n) is 13.0. The number of nitrogens with one attached hydrogen (secondary N) is 2. The largest absolute Gasteiger partial charge is 0.508 e. The van der Waals surface area contributed by atoms with Crippen molar-refractivity contribution in [2.45, 2.75) is 111 Å². The third-order valence-corrected chi connectivity index (χ3v) is 6.53. The number of aryl methyl sites for hydroxylation is 1. The number of phenolic OH excluding ortho intramolecular Hbond substituents is 1. The van der Waals surface area contributed by atoms with Crippen LogP contribution in [-0.4, -0.2) is 63.7 Å².